The molecule has 3 heterocycles. The smallest absolute Gasteiger partial charge is 0.261 e. The predicted octanol–water partition coefficient (Wildman–Crippen LogP) is 2.44. The predicted molar refractivity (Wildman–Crippen MR) is 98.9 cm³/mol. The normalized spacial score (nSPS) is 15.5. The quantitative estimate of drug-likeness (QED) is 0.925. The average molecular weight is 344 g/mol. The molecule has 2 aromatic heterocycles. The van der Waals surface area contributed by atoms with Crippen LogP contribution in [0.5, 0.6) is 0 Å². The minimum atomic E-state index is -0.0145. The fourth-order valence-corrected chi connectivity index (χ4v) is 3.65. The molecule has 128 valence electrons. The second-order valence-electron chi connectivity index (χ2n) is 6.35. The van der Waals surface area contributed by atoms with Crippen LogP contribution in [0.3, 0.4) is 0 Å². The number of nitrogens with zero attached hydrogens (tertiary/aromatic N) is 3. The van der Waals surface area contributed by atoms with Gasteiger partial charge in [0.25, 0.3) is 5.91 Å². The number of thiophene rings is 1. The molecule has 0 unspecified atom stereocenters. The van der Waals surface area contributed by atoms with Crippen LogP contribution < -0.4 is 10.2 Å². The maximum atomic E-state index is 12.2. The summed E-state index contributed by atoms with van der Waals surface area (Å²) in [5.41, 5.74) is 2.19. The molecule has 0 spiro atoms. The van der Waals surface area contributed by atoms with Crippen LogP contribution in [0.2, 0.25) is 0 Å². The zero-order valence-corrected chi connectivity index (χ0v) is 15.3. The molecule has 1 fully saturated rings. The molecule has 5 nitrogen and oxygen atoms in total. The Kier molecular flexibility index (Phi) is 5.16. The summed E-state index contributed by atoms with van der Waals surface area (Å²) in [6.45, 7) is 8.73. The number of aryl methyl sites for hydroxylation is 2. The van der Waals surface area contributed by atoms with Crippen molar-refractivity contribution in [2.24, 2.45) is 0 Å². The minimum Gasteiger partial charge on any atom is -0.354 e. The molecule has 2 aromatic rings. The molecule has 1 aliphatic rings. The van der Waals surface area contributed by atoms with Gasteiger partial charge in [-0.25, -0.2) is 4.98 Å². The van der Waals surface area contributed by atoms with E-state index in [-0.39, 0.29) is 5.91 Å². The van der Waals surface area contributed by atoms with Crippen molar-refractivity contribution in [3.05, 3.63) is 45.3 Å². The lowest BCUT2D eigenvalue weighted by Gasteiger charge is -2.33. The van der Waals surface area contributed by atoms with Gasteiger partial charge in [0.1, 0.15) is 5.82 Å². The largest absolute Gasteiger partial charge is 0.354 e. The number of amides is 1. The van der Waals surface area contributed by atoms with Gasteiger partial charge in [-0.2, -0.15) is 0 Å². The molecule has 0 radical (unpaired) electrons. The number of carbonyl (C=O) groups is 1. The standard InChI is InChI=1S/C18H24N4OS/c1-13-10-16(24-14(13)2)18(23)20-12-15-4-5-17(19-11-15)22-8-6-21(3)7-9-22/h4-5,10-11H,6-9,12H2,1-3H3,(H,20,23). The Bertz CT molecular complexity index is 683. The summed E-state index contributed by atoms with van der Waals surface area (Å²) in [6, 6.07) is 6.04. The van der Waals surface area contributed by atoms with Gasteiger partial charge < -0.3 is 15.1 Å². The Morgan fingerprint density at radius 1 is 1.25 bits per heavy atom. The zero-order chi connectivity index (χ0) is 17.1. The van der Waals surface area contributed by atoms with Gasteiger partial charge in [-0.15, -0.1) is 11.3 Å². The van der Waals surface area contributed by atoms with Gasteiger partial charge in [-0.05, 0) is 44.2 Å². The summed E-state index contributed by atoms with van der Waals surface area (Å²) in [7, 11) is 2.15. The van der Waals surface area contributed by atoms with Gasteiger partial charge in [-0.3, -0.25) is 4.79 Å². The lowest BCUT2D eigenvalue weighted by atomic mass is 10.2. The van der Waals surface area contributed by atoms with Gasteiger partial charge in [0, 0.05) is 43.8 Å². The van der Waals surface area contributed by atoms with E-state index in [2.05, 4.69) is 27.1 Å². The Hall–Kier alpha value is -1.92. The van der Waals surface area contributed by atoms with E-state index in [9.17, 15) is 4.79 Å². The van der Waals surface area contributed by atoms with Crippen LogP contribution in [0, 0.1) is 13.8 Å². The molecule has 6 heteroatoms. The lowest BCUT2D eigenvalue weighted by Crippen LogP contribution is -2.44. The topological polar surface area (TPSA) is 48.5 Å². The van der Waals surface area contributed by atoms with Crippen molar-refractivity contribution >= 4 is 23.1 Å². The number of piperazine rings is 1. The maximum absolute atomic E-state index is 12.2. The van der Waals surface area contributed by atoms with Crippen LogP contribution in [0.4, 0.5) is 5.82 Å². The van der Waals surface area contributed by atoms with Crippen molar-refractivity contribution in [3.8, 4) is 0 Å². The highest BCUT2D eigenvalue weighted by atomic mass is 32.1. The number of nitrogens with one attached hydrogen (secondary N) is 1. The van der Waals surface area contributed by atoms with Crippen molar-refractivity contribution in [2.45, 2.75) is 20.4 Å². The molecule has 0 saturated carbocycles. The Morgan fingerprint density at radius 2 is 2.00 bits per heavy atom. The van der Waals surface area contributed by atoms with Crippen LogP contribution >= 0.6 is 11.3 Å². The number of pyridine rings is 1. The molecular formula is C18H24N4OS. The van der Waals surface area contributed by atoms with Gasteiger partial charge in [-0.1, -0.05) is 6.07 Å². The Labute approximate surface area is 147 Å². The third-order valence-corrected chi connectivity index (χ3v) is 5.63. The number of anilines is 1. The summed E-state index contributed by atoms with van der Waals surface area (Å²) in [4.78, 5) is 23.3. The second kappa shape index (κ2) is 7.32. The van der Waals surface area contributed by atoms with Crippen LogP contribution in [0.15, 0.2) is 24.4 Å². The molecule has 0 aliphatic carbocycles. The molecule has 1 aliphatic heterocycles. The lowest BCUT2D eigenvalue weighted by molar-refractivity contribution is 0.0955. The van der Waals surface area contributed by atoms with Crippen LogP contribution in [0.25, 0.3) is 0 Å². The van der Waals surface area contributed by atoms with E-state index < -0.39 is 0 Å². The van der Waals surface area contributed by atoms with Crippen molar-refractivity contribution in [2.75, 3.05) is 38.1 Å². The maximum Gasteiger partial charge on any atom is 0.261 e. The van der Waals surface area contributed by atoms with E-state index >= 15 is 0 Å². The van der Waals surface area contributed by atoms with E-state index in [4.69, 9.17) is 0 Å². The Morgan fingerprint density at radius 3 is 2.58 bits per heavy atom. The van der Waals surface area contributed by atoms with Crippen molar-refractivity contribution in [1.82, 2.24) is 15.2 Å². The molecule has 0 aromatic carbocycles. The molecule has 1 saturated heterocycles. The van der Waals surface area contributed by atoms with Gasteiger partial charge in [0.2, 0.25) is 0 Å². The summed E-state index contributed by atoms with van der Waals surface area (Å²) < 4.78 is 0. The minimum absolute atomic E-state index is 0.0145. The van der Waals surface area contributed by atoms with E-state index in [0.717, 1.165) is 42.4 Å². The number of likely N-dealkylation sites (N-methyl/N-ethyl adjacent to an activating group) is 1. The monoisotopic (exact) mass is 344 g/mol. The van der Waals surface area contributed by atoms with Crippen molar-refractivity contribution in [3.63, 3.8) is 0 Å². The first-order valence-electron chi connectivity index (χ1n) is 8.26. The van der Waals surface area contributed by atoms with Crippen molar-refractivity contribution in [1.29, 1.82) is 0 Å². The SMILES string of the molecule is Cc1cc(C(=O)NCc2ccc(N3CCN(C)CC3)nc2)sc1C. The van der Waals surface area contributed by atoms with E-state index in [1.54, 1.807) is 11.3 Å². The van der Waals surface area contributed by atoms with Gasteiger partial charge in [0.15, 0.2) is 0 Å². The average Bonchev–Trinajstić information content (AvgIpc) is 2.93. The molecule has 3 rings (SSSR count). The summed E-state index contributed by atoms with van der Waals surface area (Å²) in [5.74, 6) is 1.00. The fraction of sp³-hybridized carbons (Fsp3) is 0.444. The third-order valence-electron chi connectivity index (χ3n) is 4.48. The zero-order valence-electron chi connectivity index (χ0n) is 14.5. The summed E-state index contributed by atoms with van der Waals surface area (Å²) in [5, 5.41) is 2.97. The first kappa shape index (κ1) is 16.9. The highest BCUT2D eigenvalue weighted by molar-refractivity contribution is 7.14. The van der Waals surface area contributed by atoms with E-state index in [1.807, 2.05) is 38.2 Å². The summed E-state index contributed by atoms with van der Waals surface area (Å²) >= 11 is 1.54. The first-order valence-corrected chi connectivity index (χ1v) is 9.08. The molecule has 0 bridgehead atoms. The molecule has 24 heavy (non-hydrogen) atoms. The fourth-order valence-electron chi connectivity index (χ4n) is 2.70. The van der Waals surface area contributed by atoms with Crippen LogP contribution in [0.1, 0.15) is 25.7 Å². The van der Waals surface area contributed by atoms with Crippen LogP contribution in [-0.4, -0.2) is 49.0 Å². The second-order valence-corrected chi connectivity index (χ2v) is 7.60. The van der Waals surface area contributed by atoms with E-state index in [1.165, 1.54) is 10.4 Å². The van der Waals surface area contributed by atoms with E-state index in [0.29, 0.717) is 6.54 Å². The van der Waals surface area contributed by atoms with Crippen LogP contribution in [-0.2, 0) is 6.54 Å². The Balaban J connectivity index is 1.55. The van der Waals surface area contributed by atoms with Gasteiger partial charge >= 0.3 is 0 Å². The molecular weight excluding hydrogens is 320 g/mol. The first-order chi connectivity index (χ1) is 11.5. The number of aromatic nitrogens is 1. The third kappa shape index (κ3) is 3.94. The number of carbonyl (C=O) groups excluding carboxylic acids is 1. The van der Waals surface area contributed by atoms with Crippen molar-refractivity contribution < 1.29 is 4.79 Å². The number of hydrogen-bond donors (Lipinski definition) is 1. The molecule has 1 amide bonds. The molecule has 1 N–H and O–H groups in total. The number of hydrogen-bond acceptors (Lipinski definition) is 5. The molecule has 0 atom stereocenters. The summed E-state index contributed by atoms with van der Waals surface area (Å²) in [6.07, 6.45) is 1.86. The highest BCUT2D eigenvalue weighted by Crippen LogP contribution is 2.20. The highest BCUT2D eigenvalue weighted by Gasteiger charge is 2.15. The van der Waals surface area contributed by atoms with Gasteiger partial charge in [0.05, 0.1) is 4.88 Å². The number of rotatable bonds is 4.